The molecule has 1 aromatic heterocycles. The van der Waals surface area contributed by atoms with Crippen molar-refractivity contribution >= 4 is 47.4 Å². The van der Waals surface area contributed by atoms with E-state index in [1.54, 1.807) is 12.4 Å². The van der Waals surface area contributed by atoms with Crippen LogP contribution in [0.15, 0.2) is 30.6 Å². The molecule has 2 N–H and O–H groups in total. The summed E-state index contributed by atoms with van der Waals surface area (Å²) in [6.45, 7) is 2.64. The average Bonchev–Trinajstić information content (AvgIpc) is 2.98. The zero-order chi connectivity index (χ0) is 32.4. The molecule has 0 aliphatic carbocycles. The number of nitrogens with zero attached hydrogens (tertiary/aromatic N) is 5. The molecule has 17 heteroatoms. The van der Waals surface area contributed by atoms with Gasteiger partial charge in [-0.05, 0) is 12.1 Å². The molecule has 0 saturated carbocycles. The third-order valence-electron chi connectivity index (χ3n) is 6.98. The molecule has 3 rings (SSSR count). The van der Waals surface area contributed by atoms with Crippen molar-refractivity contribution in [2.75, 3.05) is 57.8 Å². The molecule has 0 spiro atoms. The van der Waals surface area contributed by atoms with E-state index in [0.717, 1.165) is 29.5 Å². The third-order valence-corrected chi connectivity index (χ3v) is 6.98. The highest BCUT2D eigenvalue weighted by Crippen LogP contribution is 2.27. The number of hydrogen-bond acceptors (Lipinski definition) is 12. The Bertz CT molecular complexity index is 1300. The van der Waals surface area contributed by atoms with Crippen molar-refractivity contribution in [3.05, 3.63) is 30.6 Å². The smallest absolute Gasteiger partial charge is 0.410 e. The molecule has 1 unspecified atom stereocenters. The van der Waals surface area contributed by atoms with Gasteiger partial charge in [-0.15, -0.1) is 0 Å². The minimum absolute atomic E-state index is 0.250. The van der Waals surface area contributed by atoms with Crippen LogP contribution in [-0.2, 0) is 43.0 Å². The van der Waals surface area contributed by atoms with Crippen LogP contribution in [0.3, 0.4) is 0 Å². The lowest BCUT2D eigenvalue weighted by Crippen LogP contribution is -2.70. The Morgan fingerprint density at radius 2 is 1.75 bits per heavy atom. The summed E-state index contributed by atoms with van der Waals surface area (Å²) in [6.07, 6.45) is 0.818. The highest BCUT2D eigenvalue weighted by atomic mass is 16.7. The Balaban J connectivity index is 1.84. The van der Waals surface area contributed by atoms with E-state index in [9.17, 15) is 38.7 Å². The Kier molecular flexibility index (Phi) is 11.4. The van der Waals surface area contributed by atoms with Gasteiger partial charge in [-0.1, -0.05) is 0 Å². The number of carbonyl (C=O) groups excluding carboxylic acids is 6. The number of pyridine rings is 1. The van der Waals surface area contributed by atoms with Crippen molar-refractivity contribution in [2.24, 2.45) is 0 Å². The lowest BCUT2D eigenvalue weighted by molar-refractivity contribution is -0.189. The number of amides is 4. The number of aromatic nitrogens is 1. The number of hydrogen-bond donors (Lipinski definition) is 2. The summed E-state index contributed by atoms with van der Waals surface area (Å²) in [7, 11) is 1.03. The first-order chi connectivity index (χ1) is 20.9. The van der Waals surface area contributed by atoms with Gasteiger partial charge in [0.15, 0.2) is 0 Å². The normalized spacial score (nSPS) is 19.8. The summed E-state index contributed by atoms with van der Waals surface area (Å²) in [5.41, 5.74) is -1.47. The molecule has 4 amide bonds. The zero-order valence-electron chi connectivity index (χ0n) is 24.5. The Morgan fingerprint density at radius 3 is 2.32 bits per heavy atom. The standard InChI is InChI=1S/C27H34N6O11/c1-18(35)43-19(2)44-26(41)29-21(16-22(36)31-11-9-30(10-12-31)20-4-7-28-8-5-20)24(39)33-14-13-32(17-23(37)38)25(40)27(33,42-3)6-15-34/h4-8,19,21H,9-14,16-17H2,1-3H3,(H,29,41)(H,37,38)/t19?,21-,27+/m0/s1. The molecule has 3 heterocycles. The molecular formula is C27H34N6O11. The lowest BCUT2D eigenvalue weighted by atomic mass is 10.0. The van der Waals surface area contributed by atoms with E-state index >= 15 is 0 Å². The van der Waals surface area contributed by atoms with Gasteiger partial charge in [0.2, 0.25) is 18.1 Å². The molecule has 3 atom stereocenters. The van der Waals surface area contributed by atoms with E-state index in [-0.39, 0.29) is 13.1 Å². The molecule has 2 fully saturated rings. The van der Waals surface area contributed by atoms with Crippen LogP contribution in [0.5, 0.6) is 0 Å². The molecule has 44 heavy (non-hydrogen) atoms. The molecule has 0 radical (unpaired) electrons. The van der Waals surface area contributed by atoms with Crippen molar-refractivity contribution in [1.29, 1.82) is 0 Å². The number of carboxylic acids is 1. The van der Waals surface area contributed by atoms with Gasteiger partial charge in [0.25, 0.3) is 11.6 Å². The summed E-state index contributed by atoms with van der Waals surface area (Å²) in [6, 6.07) is 2.05. The number of aliphatic carboxylic acids is 1. The maximum absolute atomic E-state index is 13.9. The van der Waals surface area contributed by atoms with Crippen LogP contribution < -0.4 is 10.2 Å². The van der Waals surface area contributed by atoms with Crippen LogP contribution >= 0.6 is 0 Å². The number of nitrogens with one attached hydrogen (secondary N) is 1. The van der Waals surface area contributed by atoms with E-state index in [2.05, 4.69) is 15.2 Å². The summed E-state index contributed by atoms with van der Waals surface area (Å²) in [5, 5.41) is 11.5. The van der Waals surface area contributed by atoms with Gasteiger partial charge < -0.3 is 39.3 Å². The molecule has 2 saturated heterocycles. The van der Waals surface area contributed by atoms with Crippen molar-refractivity contribution in [3.8, 4) is 0 Å². The van der Waals surface area contributed by atoms with Gasteiger partial charge in [0, 0.05) is 78.3 Å². The summed E-state index contributed by atoms with van der Waals surface area (Å²) >= 11 is 0. The van der Waals surface area contributed by atoms with E-state index in [1.165, 1.54) is 17.8 Å². The molecule has 238 valence electrons. The predicted molar refractivity (Wildman–Crippen MR) is 148 cm³/mol. The van der Waals surface area contributed by atoms with E-state index in [4.69, 9.17) is 14.2 Å². The predicted octanol–water partition coefficient (Wildman–Crippen LogP) is -1.39. The zero-order valence-corrected chi connectivity index (χ0v) is 24.5. The minimum atomic E-state index is -2.40. The second kappa shape index (κ2) is 14.9. The number of ether oxygens (including phenoxy) is 3. The Labute approximate surface area is 252 Å². The number of anilines is 1. The largest absolute Gasteiger partial charge is 0.480 e. The van der Waals surface area contributed by atoms with Crippen molar-refractivity contribution in [2.45, 2.75) is 38.3 Å². The summed E-state index contributed by atoms with van der Waals surface area (Å²) < 4.78 is 15.1. The highest BCUT2D eigenvalue weighted by Gasteiger charge is 2.53. The fraction of sp³-hybridized carbons (Fsp3) is 0.519. The molecule has 1 aromatic rings. The van der Waals surface area contributed by atoms with Crippen molar-refractivity contribution in [3.63, 3.8) is 0 Å². The first-order valence-electron chi connectivity index (χ1n) is 13.6. The van der Waals surface area contributed by atoms with Gasteiger partial charge in [-0.25, -0.2) is 9.59 Å². The van der Waals surface area contributed by atoms with Gasteiger partial charge in [0.05, 0.1) is 12.5 Å². The Hall–Kier alpha value is -5.02. The fourth-order valence-electron chi connectivity index (χ4n) is 4.94. The minimum Gasteiger partial charge on any atom is -0.480 e. The first kappa shape index (κ1) is 33.5. The monoisotopic (exact) mass is 618 g/mol. The van der Waals surface area contributed by atoms with E-state index in [0.29, 0.717) is 32.3 Å². The molecule has 0 bridgehead atoms. The van der Waals surface area contributed by atoms with Crippen LogP contribution in [0.2, 0.25) is 0 Å². The van der Waals surface area contributed by atoms with Gasteiger partial charge in [-0.3, -0.25) is 33.9 Å². The van der Waals surface area contributed by atoms with Crippen LogP contribution in [-0.4, -0.2) is 137 Å². The first-order valence-corrected chi connectivity index (χ1v) is 13.6. The van der Waals surface area contributed by atoms with E-state index < -0.39 is 66.8 Å². The third kappa shape index (κ3) is 8.08. The maximum Gasteiger partial charge on any atom is 0.410 e. The molecule has 0 aromatic carbocycles. The highest BCUT2D eigenvalue weighted by molar-refractivity contribution is 5.99. The number of carboxylic acid groups (broad SMARTS) is 1. The fourth-order valence-corrected chi connectivity index (χ4v) is 4.94. The topological polar surface area (TPSA) is 205 Å². The van der Waals surface area contributed by atoms with Crippen molar-refractivity contribution < 1.29 is 52.9 Å². The second-order valence-electron chi connectivity index (χ2n) is 9.83. The van der Waals surface area contributed by atoms with Gasteiger partial charge in [-0.2, -0.15) is 0 Å². The summed E-state index contributed by atoms with van der Waals surface area (Å²) in [5.74, 6) is -3.19. The number of alkyl carbamates (subject to hydrolysis) is 1. The number of esters is 1. The van der Waals surface area contributed by atoms with Crippen LogP contribution in [0.25, 0.3) is 0 Å². The number of piperazine rings is 2. The van der Waals surface area contributed by atoms with Crippen LogP contribution in [0, 0.1) is 0 Å². The Morgan fingerprint density at radius 1 is 1.09 bits per heavy atom. The average molecular weight is 619 g/mol. The van der Waals surface area contributed by atoms with Crippen molar-refractivity contribution in [1.82, 2.24) is 25.0 Å². The number of carbonyl (C=O) groups is 6. The number of methoxy groups -OCH3 is 1. The van der Waals surface area contributed by atoms with Crippen LogP contribution in [0.4, 0.5) is 10.5 Å². The quantitative estimate of drug-likeness (QED) is 0.167. The molecular weight excluding hydrogens is 584 g/mol. The molecule has 2 aliphatic heterocycles. The SMILES string of the molecule is CO[C@]1(C=C=O)C(=O)N(CC(=O)O)CCN1C(=O)[C@H](CC(=O)N1CCN(c2ccncc2)CC1)NC(=O)OC(C)OC(C)=O. The second-order valence-corrected chi connectivity index (χ2v) is 9.83. The van der Waals surface area contributed by atoms with Gasteiger partial charge >= 0.3 is 18.0 Å². The van der Waals surface area contributed by atoms with E-state index in [1.807, 2.05) is 12.1 Å². The maximum atomic E-state index is 13.9. The summed E-state index contributed by atoms with van der Waals surface area (Å²) in [4.78, 5) is 96.6. The lowest BCUT2D eigenvalue weighted by Gasteiger charge is -2.46. The van der Waals surface area contributed by atoms with Crippen LogP contribution in [0.1, 0.15) is 20.3 Å². The molecule has 17 nitrogen and oxygen atoms in total. The number of rotatable bonds is 11. The molecule has 2 aliphatic rings. The van der Waals surface area contributed by atoms with Gasteiger partial charge in [0.1, 0.15) is 18.5 Å².